The number of nitrogens with one attached hydrogen (secondary N) is 1. The summed E-state index contributed by atoms with van der Waals surface area (Å²) in [5.41, 5.74) is 0. The number of allylic oxidation sites excluding steroid dienone is 7. The van der Waals surface area contributed by atoms with Gasteiger partial charge in [-0.2, -0.15) is 0 Å². The molecule has 0 aromatic carbocycles. The zero-order valence-electron chi connectivity index (χ0n) is 29.3. The van der Waals surface area contributed by atoms with Gasteiger partial charge in [0.1, 0.15) is 13.2 Å². The average Bonchev–Trinajstić information content (AvgIpc) is 2.97. The molecule has 45 heavy (non-hydrogen) atoms. The molecule has 0 aliphatic rings. The minimum atomic E-state index is -4.58. The average molecular weight is 655 g/mol. The van der Waals surface area contributed by atoms with E-state index in [0.29, 0.717) is 17.4 Å². The first-order valence-corrected chi connectivity index (χ1v) is 19.0. The van der Waals surface area contributed by atoms with Crippen LogP contribution < -0.4 is 10.2 Å². The Bertz CT molecular complexity index is 881. The van der Waals surface area contributed by atoms with Crippen molar-refractivity contribution in [2.75, 3.05) is 40.9 Å². The van der Waals surface area contributed by atoms with E-state index < -0.39 is 26.6 Å². The standard InChI is InChI=1S/C36H67N2O6P/c1-6-8-10-12-14-16-17-18-19-20-21-22-24-26-28-30-36(40)37-34(33-44-45(41,42)43-32-31-38(3,4)5)35(39)29-27-25-23-15-13-11-9-7-2/h13-16,18-19,27,29,34-35,39H,6-12,17,20-26,28,30-33H2,1-5H3,(H-,37,40,41,42)/b15-13+,16-14-,19-18-,29-27+. The first kappa shape index (κ1) is 43.5. The number of aliphatic hydroxyl groups excluding tert-OH is 1. The maximum absolute atomic E-state index is 12.7. The maximum Gasteiger partial charge on any atom is 0.268 e. The van der Waals surface area contributed by atoms with E-state index in [4.69, 9.17) is 9.05 Å². The highest BCUT2D eigenvalue weighted by molar-refractivity contribution is 7.45. The van der Waals surface area contributed by atoms with Crippen LogP contribution in [0.25, 0.3) is 0 Å². The highest BCUT2D eigenvalue weighted by Gasteiger charge is 2.23. The second-order valence-corrected chi connectivity index (χ2v) is 14.3. The molecule has 0 radical (unpaired) electrons. The zero-order valence-corrected chi connectivity index (χ0v) is 30.2. The van der Waals surface area contributed by atoms with Crippen molar-refractivity contribution in [2.24, 2.45) is 0 Å². The van der Waals surface area contributed by atoms with Crippen LogP contribution >= 0.6 is 7.82 Å². The van der Waals surface area contributed by atoms with E-state index in [1.54, 1.807) is 6.08 Å². The molecule has 2 N–H and O–H groups in total. The van der Waals surface area contributed by atoms with Crippen LogP contribution in [0.2, 0.25) is 0 Å². The molecule has 0 bridgehead atoms. The minimum absolute atomic E-state index is 0.0115. The van der Waals surface area contributed by atoms with Crippen molar-refractivity contribution in [1.82, 2.24) is 5.32 Å². The third-order valence-corrected chi connectivity index (χ3v) is 8.23. The number of phosphoric ester groups is 1. The van der Waals surface area contributed by atoms with Crippen LogP contribution in [0.15, 0.2) is 48.6 Å². The maximum atomic E-state index is 12.7. The summed E-state index contributed by atoms with van der Waals surface area (Å²) in [6, 6.07) is -0.906. The Morgan fingerprint density at radius 2 is 1.33 bits per heavy atom. The second kappa shape index (κ2) is 28.7. The lowest BCUT2D eigenvalue weighted by atomic mass is 10.1. The summed E-state index contributed by atoms with van der Waals surface area (Å²) in [7, 11) is 1.22. The van der Waals surface area contributed by atoms with Crippen molar-refractivity contribution in [3.8, 4) is 0 Å². The van der Waals surface area contributed by atoms with Crippen molar-refractivity contribution in [1.29, 1.82) is 0 Å². The SMILES string of the molecule is CCCC/C=C/CC/C=C/C(O)C(COP(=O)([O-])OCC[N+](C)(C)C)NC(=O)CCCCCCC/C=C\C/C=C\CCCCC. The van der Waals surface area contributed by atoms with Gasteiger partial charge in [0.05, 0.1) is 39.9 Å². The molecule has 0 spiro atoms. The number of rotatable bonds is 30. The van der Waals surface area contributed by atoms with E-state index in [9.17, 15) is 19.4 Å². The van der Waals surface area contributed by atoms with E-state index in [1.807, 2.05) is 27.2 Å². The summed E-state index contributed by atoms with van der Waals surface area (Å²) in [5, 5.41) is 13.6. The Morgan fingerprint density at radius 1 is 0.778 bits per heavy atom. The first-order valence-electron chi connectivity index (χ1n) is 17.5. The highest BCUT2D eigenvalue weighted by Crippen LogP contribution is 2.38. The number of hydrogen-bond donors (Lipinski definition) is 2. The summed E-state index contributed by atoms with van der Waals surface area (Å²) in [4.78, 5) is 25.0. The molecule has 0 aliphatic carbocycles. The van der Waals surface area contributed by atoms with Crippen molar-refractivity contribution < 1.29 is 32.9 Å². The van der Waals surface area contributed by atoms with Gasteiger partial charge >= 0.3 is 0 Å². The Hall–Kier alpha value is -1.54. The number of likely N-dealkylation sites (N-methyl/N-ethyl adjacent to an activating group) is 1. The van der Waals surface area contributed by atoms with E-state index in [2.05, 4.69) is 55.6 Å². The number of unbranched alkanes of at least 4 members (excludes halogenated alkanes) is 11. The largest absolute Gasteiger partial charge is 0.756 e. The van der Waals surface area contributed by atoms with E-state index in [0.717, 1.165) is 64.2 Å². The van der Waals surface area contributed by atoms with Crippen molar-refractivity contribution >= 4 is 13.7 Å². The Balaban J connectivity index is 4.58. The summed E-state index contributed by atoms with van der Waals surface area (Å²) >= 11 is 0. The first-order chi connectivity index (χ1) is 21.5. The Morgan fingerprint density at radius 3 is 2.00 bits per heavy atom. The van der Waals surface area contributed by atoms with Crippen molar-refractivity contribution in [3.63, 3.8) is 0 Å². The van der Waals surface area contributed by atoms with E-state index in [1.165, 1.54) is 38.5 Å². The molecule has 0 saturated carbocycles. The van der Waals surface area contributed by atoms with Crippen LogP contribution in [0.5, 0.6) is 0 Å². The molecule has 3 atom stereocenters. The number of aliphatic hydroxyl groups is 1. The molecule has 0 saturated heterocycles. The van der Waals surface area contributed by atoms with Gasteiger partial charge in [-0.25, -0.2) is 0 Å². The molecule has 3 unspecified atom stereocenters. The van der Waals surface area contributed by atoms with Crippen LogP contribution in [0.4, 0.5) is 0 Å². The fraction of sp³-hybridized carbons (Fsp3) is 0.750. The molecular formula is C36H67N2O6P. The number of carbonyl (C=O) groups excluding carboxylic acids is 1. The molecule has 8 nitrogen and oxygen atoms in total. The Labute approximate surface area is 276 Å². The predicted octanol–water partition coefficient (Wildman–Crippen LogP) is 7.94. The number of hydrogen-bond acceptors (Lipinski definition) is 6. The van der Waals surface area contributed by atoms with Crippen LogP contribution in [-0.2, 0) is 18.4 Å². The molecule has 0 aliphatic heterocycles. The van der Waals surface area contributed by atoms with E-state index in [-0.39, 0.29) is 12.5 Å². The third kappa shape index (κ3) is 30.9. The molecule has 0 heterocycles. The number of carbonyl (C=O) groups is 1. The van der Waals surface area contributed by atoms with Crippen LogP contribution in [0.1, 0.15) is 123 Å². The number of nitrogens with zero attached hydrogens (tertiary/aromatic N) is 1. The van der Waals surface area contributed by atoms with Crippen molar-refractivity contribution in [3.05, 3.63) is 48.6 Å². The van der Waals surface area contributed by atoms with Gasteiger partial charge in [0.2, 0.25) is 5.91 Å². The lowest BCUT2D eigenvalue weighted by Gasteiger charge is -2.29. The molecule has 0 aromatic heterocycles. The van der Waals surface area contributed by atoms with E-state index >= 15 is 0 Å². The lowest BCUT2D eigenvalue weighted by Crippen LogP contribution is -2.45. The quantitative estimate of drug-likeness (QED) is 0.0353. The third-order valence-electron chi connectivity index (χ3n) is 7.26. The van der Waals surface area contributed by atoms with Gasteiger partial charge in [0.25, 0.3) is 7.82 Å². The topological polar surface area (TPSA) is 108 Å². The number of quaternary nitrogens is 1. The molecule has 9 heteroatoms. The minimum Gasteiger partial charge on any atom is -0.756 e. The van der Waals surface area contributed by atoms with Gasteiger partial charge in [0, 0.05) is 6.42 Å². The monoisotopic (exact) mass is 654 g/mol. The highest BCUT2D eigenvalue weighted by atomic mass is 31.2. The van der Waals surface area contributed by atoms with Crippen molar-refractivity contribution in [2.45, 2.75) is 135 Å². The molecular weight excluding hydrogens is 587 g/mol. The molecule has 262 valence electrons. The Kier molecular flexibility index (Phi) is 27.7. The summed E-state index contributed by atoms with van der Waals surface area (Å²) < 4.78 is 22.9. The molecule has 0 aromatic rings. The summed E-state index contributed by atoms with van der Waals surface area (Å²) in [5.74, 6) is -0.229. The number of phosphoric acid groups is 1. The fourth-order valence-corrected chi connectivity index (χ4v) is 5.08. The second-order valence-electron chi connectivity index (χ2n) is 12.9. The summed E-state index contributed by atoms with van der Waals surface area (Å²) in [6.07, 6.45) is 33.1. The fourth-order valence-electron chi connectivity index (χ4n) is 4.36. The van der Waals surface area contributed by atoms with Crippen LogP contribution in [-0.4, -0.2) is 68.5 Å². The van der Waals surface area contributed by atoms with Gasteiger partial charge in [-0.1, -0.05) is 107 Å². The molecule has 0 fully saturated rings. The normalized spacial score (nSPS) is 15.4. The van der Waals surface area contributed by atoms with Crippen LogP contribution in [0.3, 0.4) is 0 Å². The molecule has 0 rings (SSSR count). The van der Waals surface area contributed by atoms with Gasteiger partial charge in [-0.05, 0) is 57.8 Å². The van der Waals surface area contributed by atoms with Crippen LogP contribution in [0, 0.1) is 0 Å². The van der Waals surface area contributed by atoms with Gasteiger partial charge in [-0.3, -0.25) is 9.36 Å². The predicted molar refractivity (Wildman–Crippen MR) is 187 cm³/mol. The van der Waals surface area contributed by atoms with Gasteiger partial charge in [-0.15, -0.1) is 0 Å². The zero-order chi connectivity index (χ0) is 33.7. The van der Waals surface area contributed by atoms with Gasteiger partial charge in [0.15, 0.2) is 0 Å². The molecule has 1 amide bonds. The summed E-state index contributed by atoms with van der Waals surface area (Å²) in [6.45, 7) is 4.46. The lowest BCUT2D eigenvalue weighted by molar-refractivity contribution is -0.870. The number of amides is 1. The van der Waals surface area contributed by atoms with Gasteiger partial charge < -0.3 is 28.8 Å². The smallest absolute Gasteiger partial charge is 0.268 e.